The summed E-state index contributed by atoms with van der Waals surface area (Å²) in [5.41, 5.74) is 10.0. The normalized spacial score (nSPS) is 19.1. The van der Waals surface area contributed by atoms with Crippen molar-refractivity contribution in [2.75, 3.05) is 6.61 Å². The molecular formula is C28H24IN5O4. The van der Waals surface area contributed by atoms with Crippen molar-refractivity contribution >= 4 is 22.6 Å². The Labute approximate surface area is 231 Å². The van der Waals surface area contributed by atoms with Gasteiger partial charge in [-0.25, -0.2) is 4.79 Å². The van der Waals surface area contributed by atoms with E-state index in [9.17, 15) is 15.1 Å². The smallest absolute Gasteiger partial charge is 0.330 e. The zero-order chi connectivity index (χ0) is 26.5. The Morgan fingerprint density at radius 1 is 0.974 bits per heavy atom. The second kappa shape index (κ2) is 11.4. The average molecular weight is 621 g/mol. The minimum absolute atomic E-state index is 0.0774. The Balaban J connectivity index is 1.54. The molecule has 1 saturated heterocycles. The maximum absolute atomic E-state index is 12.5. The zero-order valence-corrected chi connectivity index (χ0v) is 22.3. The second-order valence-corrected chi connectivity index (χ2v) is 10.0. The number of nitrogens with zero attached hydrogens (tertiary/aromatic N) is 4. The van der Waals surface area contributed by atoms with Crippen molar-refractivity contribution in [1.29, 1.82) is 0 Å². The van der Waals surface area contributed by atoms with Crippen LogP contribution >= 0.6 is 22.6 Å². The van der Waals surface area contributed by atoms with Crippen LogP contribution in [-0.2, 0) is 15.1 Å². The van der Waals surface area contributed by atoms with Crippen molar-refractivity contribution in [3.8, 4) is 0 Å². The molecule has 0 aliphatic carbocycles. The number of ether oxygens (including phenoxy) is 2. The molecule has 38 heavy (non-hydrogen) atoms. The molecule has 9 nitrogen and oxygen atoms in total. The molecule has 0 bridgehead atoms. The van der Waals surface area contributed by atoms with Crippen molar-refractivity contribution in [2.45, 2.75) is 30.4 Å². The summed E-state index contributed by atoms with van der Waals surface area (Å²) in [7, 11) is 0. The lowest BCUT2D eigenvalue weighted by atomic mass is 9.80. The first kappa shape index (κ1) is 25.9. The summed E-state index contributed by atoms with van der Waals surface area (Å²) in [6.45, 7) is 0.0774. The van der Waals surface area contributed by atoms with Crippen LogP contribution in [0.4, 0.5) is 0 Å². The Bertz CT molecular complexity index is 1460. The van der Waals surface area contributed by atoms with E-state index in [0.29, 0.717) is 3.57 Å². The number of hydrogen-bond acceptors (Lipinski definition) is 5. The summed E-state index contributed by atoms with van der Waals surface area (Å²) >= 11 is 1.86. The number of aromatic nitrogens is 2. The van der Waals surface area contributed by atoms with Gasteiger partial charge in [0.25, 0.3) is 5.56 Å². The van der Waals surface area contributed by atoms with Crippen LogP contribution < -0.4 is 11.2 Å². The third-order valence-electron chi connectivity index (χ3n) is 6.64. The van der Waals surface area contributed by atoms with Crippen molar-refractivity contribution in [3.63, 3.8) is 0 Å². The van der Waals surface area contributed by atoms with E-state index in [1.807, 2.05) is 114 Å². The Morgan fingerprint density at radius 3 is 2.00 bits per heavy atom. The molecule has 0 spiro atoms. The minimum atomic E-state index is -0.976. The van der Waals surface area contributed by atoms with Crippen molar-refractivity contribution in [3.05, 3.63) is 149 Å². The maximum Gasteiger partial charge on any atom is 0.330 e. The van der Waals surface area contributed by atoms with Crippen LogP contribution in [0.2, 0.25) is 0 Å². The number of halogens is 1. The molecule has 1 aromatic heterocycles. The van der Waals surface area contributed by atoms with E-state index in [1.165, 1.54) is 10.8 Å². The molecule has 0 saturated carbocycles. The van der Waals surface area contributed by atoms with Crippen molar-refractivity contribution in [1.82, 2.24) is 9.55 Å². The van der Waals surface area contributed by atoms with Gasteiger partial charge >= 0.3 is 5.69 Å². The van der Waals surface area contributed by atoms with Gasteiger partial charge in [-0.2, -0.15) is 0 Å². The molecule has 10 heteroatoms. The van der Waals surface area contributed by atoms with Gasteiger partial charge in [0, 0.05) is 17.5 Å². The van der Waals surface area contributed by atoms with Gasteiger partial charge in [0.05, 0.1) is 22.3 Å². The van der Waals surface area contributed by atoms with Crippen LogP contribution in [0.5, 0.6) is 0 Å². The van der Waals surface area contributed by atoms with E-state index in [4.69, 9.17) is 9.47 Å². The molecule has 3 atom stereocenters. The van der Waals surface area contributed by atoms with Crippen molar-refractivity contribution < 1.29 is 9.47 Å². The molecule has 1 N–H and O–H groups in total. The third-order valence-corrected chi connectivity index (χ3v) is 7.41. The predicted octanol–water partition coefficient (Wildman–Crippen LogP) is 5.12. The van der Waals surface area contributed by atoms with Gasteiger partial charge in [0.2, 0.25) is 0 Å². The number of azide groups is 1. The van der Waals surface area contributed by atoms with E-state index in [0.717, 1.165) is 16.7 Å². The highest BCUT2D eigenvalue weighted by atomic mass is 127. The summed E-state index contributed by atoms with van der Waals surface area (Å²) < 4.78 is 14.8. The molecule has 3 aromatic carbocycles. The largest absolute Gasteiger partial charge is 0.358 e. The van der Waals surface area contributed by atoms with Gasteiger partial charge in [0.15, 0.2) is 0 Å². The van der Waals surface area contributed by atoms with Crippen LogP contribution in [-0.4, -0.2) is 28.3 Å². The number of benzene rings is 3. The Morgan fingerprint density at radius 2 is 1.50 bits per heavy atom. The number of rotatable bonds is 8. The molecule has 192 valence electrons. The quantitative estimate of drug-likeness (QED) is 0.0966. The molecule has 2 heterocycles. The van der Waals surface area contributed by atoms with Gasteiger partial charge < -0.3 is 9.47 Å². The maximum atomic E-state index is 12.5. The van der Waals surface area contributed by atoms with Gasteiger partial charge in [0.1, 0.15) is 11.8 Å². The highest BCUT2D eigenvalue weighted by Gasteiger charge is 2.42. The number of hydrogen-bond donors (Lipinski definition) is 1. The fourth-order valence-corrected chi connectivity index (χ4v) is 5.31. The standard InChI is InChI=1S/C28H24IN5O4/c29-22-17-34(27(36)31-26(22)35)25-16-23(32-33-30)24(38-25)18-37-28(19-10-4-1-5-11-19,20-12-6-2-7-13-20)21-14-8-3-9-15-21/h1-15,17,23-25H,16,18H2,(H,31,35,36)/t23?,24-,25-/m0/s1. The summed E-state index contributed by atoms with van der Waals surface area (Å²) in [5, 5.41) is 3.96. The van der Waals surface area contributed by atoms with E-state index in [2.05, 4.69) is 15.0 Å². The molecule has 4 aromatic rings. The first-order valence-electron chi connectivity index (χ1n) is 12.0. The summed E-state index contributed by atoms with van der Waals surface area (Å²) in [6.07, 6.45) is 0.347. The average Bonchev–Trinajstić information content (AvgIpc) is 3.35. The number of aromatic amines is 1. The van der Waals surface area contributed by atoms with Crippen LogP contribution in [0, 0.1) is 3.57 Å². The summed E-state index contributed by atoms with van der Waals surface area (Å²) in [4.78, 5) is 29.7. The molecule has 1 fully saturated rings. The molecule has 1 aliphatic rings. The molecule has 0 radical (unpaired) electrons. The first-order valence-corrected chi connectivity index (χ1v) is 13.1. The number of H-pyrrole nitrogens is 1. The zero-order valence-electron chi connectivity index (χ0n) is 20.2. The fraction of sp³-hybridized carbons (Fsp3) is 0.214. The van der Waals surface area contributed by atoms with Gasteiger partial charge in [-0.3, -0.25) is 14.3 Å². The topological polar surface area (TPSA) is 122 Å². The van der Waals surface area contributed by atoms with Gasteiger partial charge in [-0.05, 0) is 44.8 Å². The molecule has 1 unspecified atom stereocenters. The monoisotopic (exact) mass is 621 g/mol. The second-order valence-electron chi connectivity index (χ2n) is 8.87. The van der Waals surface area contributed by atoms with E-state index < -0.39 is 35.2 Å². The summed E-state index contributed by atoms with van der Waals surface area (Å²) in [6, 6.07) is 29.2. The fourth-order valence-electron chi connectivity index (χ4n) is 4.87. The lowest BCUT2D eigenvalue weighted by molar-refractivity contribution is -0.0796. The van der Waals surface area contributed by atoms with E-state index in [1.54, 1.807) is 0 Å². The Kier molecular flexibility index (Phi) is 7.75. The predicted molar refractivity (Wildman–Crippen MR) is 151 cm³/mol. The van der Waals surface area contributed by atoms with Crippen LogP contribution in [0.3, 0.4) is 0 Å². The van der Waals surface area contributed by atoms with Crippen LogP contribution in [0.1, 0.15) is 29.3 Å². The van der Waals surface area contributed by atoms with E-state index >= 15 is 0 Å². The highest BCUT2D eigenvalue weighted by Crippen LogP contribution is 2.41. The third kappa shape index (κ3) is 5.03. The van der Waals surface area contributed by atoms with Crippen LogP contribution in [0.15, 0.2) is 112 Å². The van der Waals surface area contributed by atoms with Gasteiger partial charge in [-0.15, -0.1) is 0 Å². The van der Waals surface area contributed by atoms with Crippen LogP contribution in [0.25, 0.3) is 10.4 Å². The molecule has 1 aliphatic heterocycles. The lowest BCUT2D eigenvalue weighted by Crippen LogP contribution is -2.38. The minimum Gasteiger partial charge on any atom is -0.358 e. The molecule has 5 rings (SSSR count). The first-order chi connectivity index (χ1) is 18.5. The molecular weight excluding hydrogens is 597 g/mol. The van der Waals surface area contributed by atoms with E-state index in [-0.39, 0.29) is 13.0 Å². The lowest BCUT2D eigenvalue weighted by Gasteiger charge is -2.37. The summed E-state index contributed by atoms with van der Waals surface area (Å²) in [5.74, 6) is 0. The molecule has 0 amide bonds. The number of nitrogens with one attached hydrogen (secondary N) is 1. The Hall–Kier alpha value is -3.70. The van der Waals surface area contributed by atoms with Crippen molar-refractivity contribution in [2.24, 2.45) is 5.11 Å². The highest BCUT2D eigenvalue weighted by molar-refractivity contribution is 14.1. The SMILES string of the molecule is [N-]=[N+]=NC1C[C@@H](n2cc(I)c(=O)[nH]c2=O)O[C@H]1COC(c1ccccc1)(c1ccccc1)c1ccccc1. The van der Waals surface area contributed by atoms with Gasteiger partial charge in [-0.1, -0.05) is 96.1 Å².